The van der Waals surface area contributed by atoms with E-state index in [-0.39, 0.29) is 5.25 Å². The van der Waals surface area contributed by atoms with E-state index in [2.05, 4.69) is 27.4 Å². The third-order valence-electron chi connectivity index (χ3n) is 3.05. The molecule has 5 heteroatoms. The highest BCUT2D eigenvalue weighted by atomic mass is 32.2. The quantitative estimate of drug-likeness (QED) is 0.886. The second-order valence-corrected chi connectivity index (χ2v) is 6.51. The third-order valence-corrected chi connectivity index (χ3v) is 4.35. The van der Waals surface area contributed by atoms with Crippen molar-refractivity contribution in [1.29, 1.82) is 0 Å². The van der Waals surface area contributed by atoms with Crippen LogP contribution in [0.3, 0.4) is 0 Å². The van der Waals surface area contributed by atoms with Crippen molar-refractivity contribution < 1.29 is 4.21 Å². The minimum Gasteiger partial charge on any atom is -0.369 e. The number of nitrogens with zero attached hydrogens (tertiary/aromatic N) is 2. The van der Waals surface area contributed by atoms with Crippen molar-refractivity contribution in [2.75, 3.05) is 18.1 Å². The molecule has 2 atom stereocenters. The smallest absolute Gasteiger partial charge is 0.135 e. The molecule has 0 spiro atoms. The van der Waals surface area contributed by atoms with Gasteiger partial charge in [-0.05, 0) is 18.6 Å². The molecule has 0 saturated carbocycles. The maximum atomic E-state index is 11.3. The van der Waals surface area contributed by atoms with Gasteiger partial charge in [0.15, 0.2) is 0 Å². The fourth-order valence-electron chi connectivity index (χ4n) is 1.73. The standard InChI is InChI=1S/C15H19N3OS/c1-12(20(2)19)11-17-14-8-9-16-15(18-14)10-13-6-4-3-5-7-13/h3-9,12H,10-11H2,1-2H3,(H,16,17,18)/t12-,20+/m0/s1. The number of nitrogens with one attached hydrogen (secondary N) is 1. The van der Waals surface area contributed by atoms with Gasteiger partial charge >= 0.3 is 0 Å². The molecule has 1 aromatic heterocycles. The molecule has 106 valence electrons. The summed E-state index contributed by atoms with van der Waals surface area (Å²) in [6.07, 6.45) is 4.18. The third kappa shape index (κ3) is 4.42. The summed E-state index contributed by atoms with van der Waals surface area (Å²) < 4.78 is 11.3. The SMILES string of the molecule is C[C@@H](CNc1ccnc(Cc2ccccc2)n1)[S@@](C)=O. The van der Waals surface area contributed by atoms with Gasteiger partial charge in [0.25, 0.3) is 0 Å². The van der Waals surface area contributed by atoms with Gasteiger partial charge in [-0.15, -0.1) is 0 Å². The minimum absolute atomic E-state index is 0.0996. The summed E-state index contributed by atoms with van der Waals surface area (Å²) >= 11 is 0. The normalized spacial score (nSPS) is 13.7. The molecule has 0 aliphatic carbocycles. The van der Waals surface area contributed by atoms with Crippen molar-refractivity contribution >= 4 is 16.6 Å². The number of anilines is 1. The van der Waals surface area contributed by atoms with Crippen molar-refractivity contribution in [1.82, 2.24) is 9.97 Å². The molecule has 1 N–H and O–H groups in total. The first-order valence-electron chi connectivity index (χ1n) is 6.57. The number of aromatic nitrogens is 2. The predicted octanol–water partition coefficient (Wildman–Crippen LogP) is 2.25. The van der Waals surface area contributed by atoms with Gasteiger partial charge in [0.05, 0.1) is 0 Å². The van der Waals surface area contributed by atoms with Crippen LogP contribution in [-0.4, -0.2) is 32.2 Å². The van der Waals surface area contributed by atoms with Crippen LogP contribution < -0.4 is 5.32 Å². The molecule has 0 bridgehead atoms. The lowest BCUT2D eigenvalue weighted by Crippen LogP contribution is -2.21. The van der Waals surface area contributed by atoms with Crippen molar-refractivity contribution in [3.63, 3.8) is 0 Å². The van der Waals surface area contributed by atoms with Gasteiger partial charge in [-0.25, -0.2) is 9.97 Å². The first-order chi connectivity index (χ1) is 9.65. The molecule has 0 unspecified atom stereocenters. The average molecular weight is 289 g/mol. The van der Waals surface area contributed by atoms with Crippen molar-refractivity contribution in [2.24, 2.45) is 0 Å². The van der Waals surface area contributed by atoms with E-state index in [1.54, 1.807) is 12.5 Å². The van der Waals surface area contributed by atoms with E-state index in [1.807, 2.05) is 31.2 Å². The Labute approximate surface area is 122 Å². The Hall–Kier alpha value is -1.75. The van der Waals surface area contributed by atoms with Crippen LogP contribution in [0.15, 0.2) is 42.6 Å². The summed E-state index contributed by atoms with van der Waals surface area (Å²) in [6.45, 7) is 2.60. The fraction of sp³-hybridized carbons (Fsp3) is 0.333. The monoisotopic (exact) mass is 289 g/mol. The van der Waals surface area contributed by atoms with Crippen LogP contribution >= 0.6 is 0 Å². The van der Waals surface area contributed by atoms with E-state index in [0.717, 1.165) is 11.6 Å². The summed E-state index contributed by atoms with van der Waals surface area (Å²) in [5.41, 5.74) is 1.19. The molecule has 2 aromatic rings. The van der Waals surface area contributed by atoms with Crippen LogP contribution in [0.2, 0.25) is 0 Å². The van der Waals surface area contributed by atoms with E-state index >= 15 is 0 Å². The second-order valence-electron chi connectivity index (χ2n) is 4.71. The Morgan fingerprint density at radius 3 is 2.70 bits per heavy atom. The van der Waals surface area contributed by atoms with Gasteiger partial charge in [0.1, 0.15) is 11.6 Å². The van der Waals surface area contributed by atoms with Gasteiger partial charge in [0.2, 0.25) is 0 Å². The maximum Gasteiger partial charge on any atom is 0.135 e. The molecule has 0 saturated heterocycles. The van der Waals surface area contributed by atoms with Gasteiger partial charge in [-0.1, -0.05) is 30.3 Å². The molecular formula is C15H19N3OS. The zero-order valence-electron chi connectivity index (χ0n) is 11.7. The Balaban J connectivity index is 1.99. The lowest BCUT2D eigenvalue weighted by atomic mass is 10.1. The molecule has 0 aliphatic rings. The van der Waals surface area contributed by atoms with Gasteiger partial charge in [-0.3, -0.25) is 4.21 Å². The van der Waals surface area contributed by atoms with Gasteiger partial charge < -0.3 is 5.32 Å². The van der Waals surface area contributed by atoms with E-state index < -0.39 is 10.8 Å². The lowest BCUT2D eigenvalue weighted by Gasteiger charge is -2.11. The summed E-state index contributed by atoms with van der Waals surface area (Å²) in [5, 5.41) is 3.31. The van der Waals surface area contributed by atoms with Crippen molar-refractivity contribution in [3.8, 4) is 0 Å². The first-order valence-corrected chi connectivity index (χ1v) is 8.19. The molecule has 0 radical (unpaired) electrons. The second kappa shape index (κ2) is 7.14. The molecule has 20 heavy (non-hydrogen) atoms. The Morgan fingerprint density at radius 1 is 1.25 bits per heavy atom. The zero-order chi connectivity index (χ0) is 14.4. The first kappa shape index (κ1) is 14.7. The summed E-state index contributed by atoms with van der Waals surface area (Å²) in [4.78, 5) is 8.76. The number of benzene rings is 1. The highest BCUT2D eigenvalue weighted by Crippen LogP contribution is 2.08. The summed E-state index contributed by atoms with van der Waals surface area (Å²) in [7, 11) is -0.827. The highest BCUT2D eigenvalue weighted by molar-refractivity contribution is 7.84. The van der Waals surface area contributed by atoms with Crippen LogP contribution in [-0.2, 0) is 17.2 Å². The van der Waals surface area contributed by atoms with Crippen LogP contribution in [0.5, 0.6) is 0 Å². The van der Waals surface area contributed by atoms with Crippen molar-refractivity contribution in [3.05, 3.63) is 54.0 Å². The van der Waals surface area contributed by atoms with Crippen molar-refractivity contribution in [2.45, 2.75) is 18.6 Å². The largest absolute Gasteiger partial charge is 0.369 e. The minimum atomic E-state index is -0.827. The number of rotatable bonds is 6. The van der Waals surface area contributed by atoms with Gasteiger partial charge in [0, 0.05) is 41.5 Å². The molecular weight excluding hydrogens is 270 g/mol. The van der Waals surface area contributed by atoms with E-state index in [0.29, 0.717) is 13.0 Å². The van der Waals surface area contributed by atoms with E-state index in [4.69, 9.17) is 0 Å². The van der Waals surface area contributed by atoms with Crippen LogP contribution in [0.1, 0.15) is 18.3 Å². The molecule has 0 fully saturated rings. The lowest BCUT2D eigenvalue weighted by molar-refractivity contribution is 0.678. The zero-order valence-corrected chi connectivity index (χ0v) is 12.6. The molecule has 1 heterocycles. The van der Waals surface area contributed by atoms with E-state index in [9.17, 15) is 4.21 Å². The molecule has 0 amide bonds. The van der Waals surface area contributed by atoms with Gasteiger partial charge in [-0.2, -0.15) is 0 Å². The predicted molar refractivity (Wildman–Crippen MR) is 83.3 cm³/mol. The van der Waals surface area contributed by atoms with Crippen LogP contribution in [0, 0.1) is 0 Å². The Morgan fingerprint density at radius 2 is 2.00 bits per heavy atom. The Bertz CT molecular complexity index is 574. The Kier molecular flexibility index (Phi) is 5.24. The topological polar surface area (TPSA) is 54.9 Å². The average Bonchev–Trinajstić information content (AvgIpc) is 2.46. The number of hydrogen-bond donors (Lipinski definition) is 1. The molecule has 4 nitrogen and oxygen atoms in total. The van der Waals surface area contributed by atoms with Crippen LogP contribution in [0.4, 0.5) is 5.82 Å². The number of hydrogen-bond acceptors (Lipinski definition) is 4. The summed E-state index contributed by atoms with van der Waals surface area (Å²) in [5.74, 6) is 1.56. The maximum absolute atomic E-state index is 11.3. The summed E-state index contributed by atoms with van der Waals surface area (Å²) in [6, 6.07) is 12.0. The molecule has 1 aromatic carbocycles. The van der Waals surface area contributed by atoms with E-state index in [1.165, 1.54) is 5.56 Å². The molecule has 2 rings (SSSR count). The molecule has 0 aliphatic heterocycles. The fourth-order valence-corrected chi connectivity index (χ4v) is 2.04. The van der Waals surface area contributed by atoms with Crippen LogP contribution in [0.25, 0.3) is 0 Å². The highest BCUT2D eigenvalue weighted by Gasteiger charge is 2.06.